The molecule has 0 N–H and O–H groups in total. The predicted octanol–water partition coefficient (Wildman–Crippen LogP) is 4.83. The molecule has 0 bridgehead atoms. The normalized spacial score (nSPS) is 35.8. The molecule has 0 saturated heterocycles. The molecule has 0 nitrogen and oxygen atoms in total. The molecular weight excluding hydrogens is 175 g/mol. The highest BCUT2D eigenvalue weighted by Crippen LogP contribution is 2.48. The van der Waals surface area contributed by atoms with Crippen LogP contribution in [0.15, 0.2) is 0 Å². The lowest BCUT2D eigenvalue weighted by molar-refractivity contribution is 0.0409. The summed E-state index contributed by atoms with van der Waals surface area (Å²) in [7, 11) is 0. The topological polar surface area (TPSA) is 0 Å². The molecule has 1 fully saturated rings. The Bertz CT molecular complexity index is 163. The average Bonchev–Trinajstić information content (AvgIpc) is 2.04. The summed E-state index contributed by atoms with van der Waals surface area (Å²) in [6, 6.07) is 0. The molecule has 1 rings (SSSR count). The number of halogens is 1. The number of rotatable bonds is 1. The van der Waals surface area contributed by atoms with E-state index < -0.39 is 0 Å². The number of hydrogen-bond donors (Lipinski definition) is 0. The molecular formula is C13H27F. The van der Waals surface area contributed by atoms with E-state index in [0.29, 0.717) is 11.3 Å². The van der Waals surface area contributed by atoms with Crippen LogP contribution in [0.3, 0.4) is 0 Å². The van der Waals surface area contributed by atoms with E-state index in [2.05, 4.69) is 27.7 Å². The summed E-state index contributed by atoms with van der Waals surface area (Å²) in [5.41, 5.74) is 0.305. The van der Waals surface area contributed by atoms with E-state index in [1.165, 1.54) is 6.42 Å². The van der Waals surface area contributed by atoms with Crippen LogP contribution in [0.25, 0.3) is 0 Å². The van der Waals surface area contributed by atoms with Gasteiger partial charge < -0.3 is 0 Å². The van der Waals surface area contributed by atoms with E-state index in [0.717, 1.165) is 12.8 Å². The Morgan fingerprint density at radius 3 is 2.00 bits per heavy atom. The third-order valence-electron chi connectivity index (χ3n) is 2.97. The Morgan fingerprint density at radius 2 is 1.64 bits per heavy atom. The maximum Gasteiger partial charge on any atom is 0.0948 e. The van der Waals surface area contributed by atoms with Gasteiger partial charge in [-0.15, -0.1) is 0 Å². The van der Waals surface area contributed by atoms with E-state index in [9.17, 15) is 4.39 Å². The second-order valence-electron chi connectivity index (χ2n) is 5.80. The van der Waals surface area contributed by atoms with Crippen LogP contribution < -0.4 is 0 Å². The second kappa shape index (κ2) is 5.14. The lowest BCUT2D eigenvalue weighted by Gasteiger charge is -2.44. The molecule has 0 spiro atoms. The van der Waals surface area contributed by atoms with Gasteiger partial charge in [-0.3, -0.25) is 4.39 Å². The summed E-state index contributed by atoms with van der Waals surface area (Å²) in [6.45, 7) is 12.7. The zero-order valence-electron chi connectivity index (χ0n) is 10.8. The van der Waals surface area contributed by atoms with Crippen LogP contribution in [0.4, 0.5) is 4.39 Å². The molecule has 0 aliphatic heterocycles. The van der Waals surface area contributed by atoms with Crippen molar-refractivity contribution in [1.29, 1.82) is 0 Å². The second-order valence-corrected chi connectivity index (χ2v) is 5.80. The molecule has 86 valence electrons. The lowest BCUT2D eigenvalue weighted by Crippen LogP contribution is -2.36. The summed E-state index contributed by atoms with van der Waals surface area (Å²) in [4.78, 5) is 0. The Balaban J connectivity index is 0.000000791. The fourth-order valence-corrected chi connectivity index (χ4v) is 3.26. The summed E-state index contributed by atoms with van der Waals surface area (Å²) in [6.07, 6.45) is 3.36. The molecule has 0 aromatic heterocycles. The zero-order chi connectivity index (χ0) is 11.4. The summed E-state index contributed by atoms with van der Waals surface area (Å²) >= 11 is 0. The third kappa shape index (κ3) is 3.98. The summed E-state index contributed by atoms with van der Waals surface area (Å²) in [5, 5.41) is 0. The van der Waals surface area contributed by atoms with E-state index >= 15 is 0 Å². The van der Waals surface area contributed by atoms with Gasteiger partial charge in [0.25, 0.3) is 0 Å². The SMILES string of the molecule is CC.CC1CC(C)(C)CC(C)(CF)C1. The quantitative estimate of drug-likeness (QED) is 0.571. The molecule has 0 amide bonds. The maximum atomic E-state index is 12.8. The lowest BCUT2D eigenvalue weighted by atomic mass is 9.61. The van der Waals surface area contributed by atoms with Crippen molar-refractivity contribution in [3.05, 3.63) is 0 Å². The van der Waals surface area contributed by atoms with Crippen molar-refractivity contribution in [2.24, 2.45) is 16.7 Å². The van der Waals surface area contributed by atoms with Crippen molar-refractivity contribution in [3.63, 3.8) is 0 Å². The highest BCUT2D eigenvalue weighted by Gasteiger charge is 2.39. The molecule has 0 heterocycles. The van der Waals surface area contributed by atoms with Crippen LogP contribution in [-0.2, 0) is 0 Å². The molecule has 2 atom stereocenters. The van der Waals surface area contributed by atoms with Crippen molar-refractivity contribution in [2.75, 3.05) is 6.67 Å². The van der Waals surface area contributed by atoms with E-state index in [-0.39, 0.29) is 12.1 Å². The minimum absolute atomic E-state index is 0.0405. The van der Waals surface area contributed by atoms with E-state index in [1.54, 1.807) is 0 Å². The van der Waals surface area contributed by atoms with Crippen LogP contribution in [-0.4, -0.2) is 6.67 Å². The fraction of sp³-hybridized carbons (Fsp3) is 1.00. The van der Waals surface area contributed by atoms with Crippen molar-refractivity contribution >= 4 is 0 Å². The minimum atomic E-state index is -0.152. The molecule has 14 heavy (non-hydrogen) atoms. The van der Waals surface area contributed by atoms with E-state index in [4.69, 9.17) is 0 Å². The van der Waals surface area contributed by atoms with Gasteiger partial charge in [-0.2, -0.15) is 0 Å². The van der Waals surface area contributed by atoms with Crippen LogP contribution in [0.2, 0.25) is 0 Å². The van der Waals surface area contributed by atoms with Crippen molar-refractivity contribution in [2.45, 2.75) is 60.8 Å². The minimum Gasteiger partial charge on any atom is -0.251 e. The third-order valence-corrected chi connectivity index (χ3v) is 2.97. The monoisotopic (exact) mass is 202 g/mol. The van der Waals surface area contributed by atoms with Gasteiger partial charge in [-0.05, 0) is 36.0 Å². The van der Waals surface area contributed by atoms with Gasteiger partial charge >= 0.3 is 0 Å². The van der Waals surface area contributed by atoms with Crippen LogP contribution in [0, 0.1) is 16.7 Å². The van der Waals surface area contributed by atoms with Crippen LogP contribution >= 0.6 is 0 Å². The van der Waals surface area contributed by atoms with Crippen molar-refractivity contribution in [3.8, 4) is 0 Å². The Morgan fingerprint density at radius 1 is 1.14 bits per heavy atom. The largest absolute Gasteiger partial charge is 0.251 e. The van der Waals surface area contributed by atoms with Gasteiger partial charge in [0.05, 0.1) is 6.67 Å². The first-order valence-electron chi connectivity index (χ1n) is 5.93. The summed E-state index contributed by atoms with van der Waals surface area (Å²) in [5.74, 6) is 0.689. The molecule has 1 aliphatic carbocycles. The smallest absolute Gasteiger partial charge is 0.0948 e. The number of alkyl halides is 1. The predicted molar refractivity (Wildman–Crippen MR) is 62.2 cm³/mol. The van der Waals surface area contributed by atoms with Crippen LogP contribution in [0.1, 0.15) is 60.8 Å². The highest BCUT2D eigenvalue weighted by atomic mass is 19.1. The summed E-state index contributed by atoms with van der Waals surface area (Å²) < 4.78 is 12.8. The Kier molecular flexibility index (Phi) is 5.11. The Labute approximate surface area is 89.3 Å². The highest BCUT2D eigenvalue weighted by molar-refractivity contribution is 4.89. The number of hydrogen-bond acceptors (Lipinski definition) is 0. The first-order chi connectivity index (χ1) is 6.37. The average molecular weight is 202 g/mol. The van der Waals surface area contributed by atoms with Gasteiger partial charge in [0, 0.05) is 0 Å². The molecule has 1 heteroatoms. The molecule has 0 radical (unpaired) electrons. The standard InChI is InChI=1S/C11H21F.C2H6/c1-9-5-10(2,3)7-11(4,6-9)8-12;1-2/h9H,5-8H2,1-4H3;1-2H3. The molecule has 1 saturated carbocycles. The molecule has 0 aromatic carbocycles. The van der Waals surface area contributed by atoms with Gasteiger partial charge in [0.15, 0.2) is 0 Å². The first-order valence-corrected chi connectivity index (χ1v) is 5.93. The van der Waals surface area contributed by atoms with Gasteiger partial charge in [-0.1, -0.05) is 41.5 Å². The zero-order valence-corrected chi connectivity index (χ0v) is 10.8. The van der Waals surface area contributed by atoms with Gasteiger partial charge in [0.1, 0.15) is 0 Å². The maximum absolute atomic E-state index is 12.8. The van der Waals surface area contributed by atoms with Crippen LogP contribution in [0.5, 0.6) is 0 Å². The molecule has 1 aliphatic rings. The van der Waals surface area contributed by atoms with Gasteiger partial charge in [0.2, 0.25) is 0 Å². The van der Waals surface area contributed by atoms with Crippen molar-refractivity contribution in [1.82, 2.24) is 0 Å². The molecule has 2 unspecified atom stereocenters. The molecule has 0 aromatic rings. The van der Waals surface area contributed by atoms with Crippen molar-refractivity contribution < 1.29 is 4.39 Å². The Hall–Kier alpha value is -0.0700. The van der Waals surface area contributed by atoms with Gasteiger partial charge in [-0.25, -0.2) is 0 Å². The van der Waals surface area contributed by atoms with E-state index in [1.807, 2.05) is 13.8 Å². The fourth-order valence-electron chi connectivity index (χ4n) is 3.26. The first kappa shape index (κ1) is 13.9.